The molecule has 0 aliphatic heterocycles. The minimum Gasteiger partial charge on any atom is -0.460 e. The van der Waals surface area contributed by atoms with Crippen LogP contribution in [0.25, 0.3) is 6.08 Å². The van der Waals surface area contributed by atoms with E-state index >= 15 is 0 Å². The molecule has 0 saturated heterocycles. The number of hydrogen-bond donors (Lipinski definition) is 0. The lowest BCUT2D eigenvalue weighted by atomic mass is 10.2. The lowest BCUT2D eigenvalue weighted by molar-refractivity contribution is 0.424. The molecule has 0 fully saturated rings. The van der Waals surface area contributed by atoms with E-state index in [1.54, 1.807) is 35.9 Å². The molecule has 0 spiro atoms. The predicted molar refractivity (Wildman–Crippen MR) is 125 cm³/mol. The fourth-order valence-electron chi connectivity index (χ4n) is 2.84. The zero-order valence-corrected chi connectivity index (χ0v) is 19.6. The van der Waals surface area contributed by atoms with Gasteiger partial charge in [0.1, 0.15) is 33.2 Å². The third-order valence-electron chi connectivity index (χ3n) is 4.28. The Kier molecular flexibility index (Phi) is 7.31. The molecule has 0 aliphatic carbocycles. The minimum absolute atomic E-state index is 0.0943. The lowest BCUT2D eigenvalue weighted by Gasteiger charge is -2.10. The summed E-state index contributed by atoms with van der Waals surface area (Å²) >= 11 is 11.4. The van der Waals surface area contributed by atoms with Gasteiger partial charge in [-0.25, -0.2) is 4.68 Å². The Bertz CT molecular complexity index is 1110. The van der Waals surface area contributed by atoms with E-state index in [9.17, 15) is 0 Å². The van der Waals surface area contributed by atoms with Crippen LogP contribution in [0.5, 0.6) is 28.9 Å². The summed E-state index contributed by atoms with van der Waals surface area (Å²) in [5, 5.41) is 4.46. The first-order valence-electron chi connectivity index (χ1n) is 9.67. The van der Waals surface area contributed by atoms with Gasteiger partial charge in [0.25, 0.3) is 0 Å². The van der Waals surface area contributed by atoms with Crippen LogP contribution in [0.1, 0.15) is 32.0 Å². The van der Waals surface area contributed by atoms with Crippen LogP contribution in [0.15, 0.2) is 64.4 Å². The lowest BCUT2D eigenvalue weighted by Crippen LogP contribution is -1.96. The number of nitrogens with zero attached hydrogens (tertiary/aromatic N) is 2. The Morgan fingerprint density at radius 3 is 1.81 bits per heavy atom. The van der Waals surface area contributed by atoms with Crippen LogP contribution in [-0.2, 0) is 7.05 Å². The maximum absolute atomic E-state index is 6.10. The van der Waals surface area contributed by atoms with E-state index in [2.05, 4.69) is 11.2 Å². The highest BCUT2D eigenvalue weighted by Gasteiger charge is 2.14. The van der Waals surface area contributed by atoms with E-state index in [1.165, 1.54) is 5.57 Å². The SMILES string of the molecule is CC(C)=Cc1c(C)nn(C)c1Oc1ccc(Oc2ccc(OC(C)=C(Cl)Cl)cc2)cc1. The van der Waals surface area contributed by atoms with Crippen LogP contribution in [0.4, 0.5) is 0 Å². The van der Waals surface area contributed by atoms with Crippen LogP contribution in [0.2, 0.25) is 0 Å². The van der Waals surface area contributed by atoms with Gasteiger partial charge in [-0.3, -0.25) is 0 Å². The van der Waals surface area contributed by atoms with Gasteiger partial charge in [0, 0.05) is 7.05 Å². The Morgan fingerprint density at radius 2 is 1.32 bits per heavy atom. The van der Waals surface area contributed by atoms with Crippen molar-refractivity contribution in [2.24, 2.45) is 7.05 Å². The Hall–Kier alpha value is -2.89. The first kappa shape index (κ1) is 22.8. The van der Waals surface area contributed by atoms with Crippen LogP contribution in [0.3, 0.4) is 0 Å². The average molecular weight is 459 g/mol. The highest BCUT2D eigenvalue weighted by atomic mass is 35.5. The number of allylic oxidation sites excluding steroid dienone is 2. The van der Waals surface area contributed by atoms with E-state index in [4.69, 9.17) is 37.4 Å². The summed E-state index contributed by atoms with van der Waals surface area (Å²) in [4.78, 5) is 0. The van der Waals surface area contributed by atoms with Crippen molar-refractivity contribution < 1.29 is 14.2 Å². The molecule has 3 rings (SSSR count). The van der Waals surface area contributed by atoms with Crippen molar-refractivity contribution in [3.8, 4) is 28.9 Å². The standard InChI is InChI=1S/C24H24Cl2N2O3/c1-15(2)14-22-16(3)27-28(5)24(22)31-21-12-10-20(11-13-21)30-19-8-6-18(7-9-19)29-17(4)23(25)26/h6-14H,1-5H3. The predicted octanol–water partition coefficient (Wildman–Crippen LogP) is 7.78. The molecule has 0 saturated carbocycles. The van der Waals surface area contributed by atoms with Crippen LogP contribution in [0, 0.1) is 6.92 Å². The molecule has 5 nitrogen and oxygen atoms in total. The van der Waals surface area contributed by atoms with E-state index in [0.717, 1.165) is 11.3 Å². The molecule has 0 atom stereocenters. The summed E-state index contributed by atoms with van der Waals surface area (Å²) < 4.78 is 19.4. The number of aromatic nitrogens is 2. The third kappa shape index (κ3) is 6.06. The topological polar surface area (TPSA) is 45.5 Å². The molecule has 0 N–H and O–H groups in total. The highest BCUT2D eigenvalue weighted by molar-refractivity contribution is 6.56. The van der Waals surface area contributed by atoms with E-state index in [1.807, 2.05) is 52.1 Å². The van der Waals surface area contributed by atoms with Gasteiger partial charge >= 0.3 is 0 Å². The third-order valence-corrected chi connectivity index (χ3v) is 4.81. The van der Waals surface area contributed by atoms with E-state index in [-0.39, 0.29) is 4.49 Å². The van der Waals surface area contributed by atoms with Crippen molar-refractivity contribution in [3.05, 3.63) is 75.6 Å². The zero-order chi connectivity index (χ0) is 22.5. The largest absolute Gasteiger partial charge is 0.460 e. The van der Waals surface area contributed by atoms with E-state index < -0.39 is 0 Å². The Morgan fingerprint density at radius 1 is 0.839 bits per heavy atom. The van der Waals surface area contributed by atoms with Crippen LogP contribution in [-0.4, -0.2) is 9.78 Å². The van der Waals surface area contributed by atoms with Gasteiger partial charge < -0.3 is 14.2 Å². The molecule has 1 aromatic heterocycles. The minimum atomic E-state index is 0.0943. The number of aryl methyl sites for hydroxylation is 2. The quantitative estimate of drug-likeness (QED) is 0.339. The highest BCUT2D eigenvalue weighted by Crippen LogP contribution is 2.31. The molecule has 31 heavy (non-hydrogen) atoms. The van der Waals surface area contributed by atoms with Crippen molar-refractivity contribution in [2.75, 3.05) is 0 Å². The summed E-state index contributed by atoms with van der Waals surface area (Å²) in [6.45, 7) is 7.76. The molecule has 0 bridgehead atoms. The molecular formula is C24H24Cl2N2O3. The van der Waals surface area contributed by atoms with Crippen molar-refractivity contribution in [3.63, 3.8) is 0 Å². The fraction of sp³-hybridized carbons (Fsp3) is 0.208. The van der Waals surface area contributed by atoms with Crippen molar-refractivity contribution in [1.82, 2.24) is 9.78 Å². The molecule has 7 heteroatoms. The summed E-state index contributed by atoms with van der Waals surface area (Å²) in [5.41, 5.74) is 3.08. The monoisotopic (exact) mass is 458 g/mol. The number of halogens is 2. The number of rotatable bonds is 7. The van der Waals surface area contributed by atoms with E-state index in [0.29, 0.717) is 34.6 Å². The summed E-state index contributed by atoms with van der Waals surface area (Å²) in [7, 11) is 1.87. The van der Waals surface area contributed by atoms with Gasteiger partial charge in [-0.1, -0.05) is 28.8 Å². The van der Waals surface area contributed by atoms with Crippen molar-refractivity contribution in [2.45, 2.75) is 27.7 Å². The maximum Gasteiger partial charge on any atom is 0.225 e. The first-order chi connectivity index (χ1) is 14.7. The molecule has 3 aromatic rings. The van der Waals surface area contributed by atoms with Crippen LogP contribution >= 0.6 is 23.2 Å². The van der Waals surface area contributed by atoms with Gasteiger partial charge in [-0.2, -0.15) is 5.10 Å². The second-order valence-electron chi connectivity index (χ2n) is 7.22. The van der Waals surface area contributed by atoms with Crippen molar-refractivity contribution in [1.29, 1.82) is 0 Å². The molecule has 0 unspecified atom stereocenters. The molecule has 162 valence electrons. The molecule has 0 aliphatic rings. The second-order valence-corrected chi connectivity index (χ2v) is 8.16. The van der Waals surface area contributed by atoms with Gasteiger partial charge in [0.15, 0.2) is 0 Å². The van der Waals surface area contributed by atoms with Gasteiger partial charge in [-0.15, -0.1) is 0 Å². The van der Waals surface area contributed by atoms with Gasteiger partial charge in [-0.05, 0) is 82.3 Å². The summed E-state index contributed by atoms with van der Waals surface area (Å²) in [5.74, 6) is 3.81. The smallest absolute Gasteiger partial charge is 0.225 e. The average Bonchev–Trinajstić information content (AvgIpc) is 2.97. The summed E-state index contributed by atoms with van der Waals surface area (Å²) in [6.07, 6.45) is 2.07. The van der Waals surface area contributed by atoms with Gasteiger partial charge in [0.05, 0.1) is 11.3 Å². The first-order valence-corrected chi connectivity index (χ1v) is 10.4. The normalized spacial score (nSPS) is 10.4. The Labute approximate surface area is 192 Å². The second kappa shape index (κ2) is 9.94. The Balaban J connectivity index is 1.69. The van der Waals surface area contributed by atoms with Gasteiger partial charge in [0.2, 0.25) is 5.88 Å². The van der Waals surface area contributed by atoms with Crippen LogP contribution < -0.4 is 14.2 Å². The molecule has 2 aromatic carbocycles. The molecule has 1 heterocycles. The summed E-state index contributed by atoms with van der Waals surface area (Å²) in [6, 6.07) is 14.6. The molecule has 0 radical (unpaired) electrons. The molecular weight excluding hydrogens is 435 g/mol. The zero-order valence-electron chi connectivity index (χ0n) is 18.1. The maximum atomic E-state index is 6.10. The fourth-order valence-corrected chi connectivity index (χ4v) is 2.92. The number of ether oxygens (including phenoxy) is 3. The van der Waals surface area contributed by atoms with Crippen molar-refractivity contribution >= 4 is 29.3 Å². The number of benzene rings is 2. The number of hydrogen-bond acceptors (Lipinski definition) is 4. The molecule has 0 amide bonds.